The molecule has 0 radical (unpaired) electrons. The van der Waals surface area contributed by atoms with Crippen molar-refractivity contribution in [2.75, 3.05) is 5.32 Å². The Labute approximate surface area is 147 Å². The number of hydrogen-bond donors (Lipinski definition) is 2. The highest BCUT2D eigenvalue weighted by Gasteiger charge is 2.38. The van der Waals surface area contributed by atoms with Gasteiger partial charge in [-0.05, 0) is 17.7 Å². The van der Waals surface area contributed by atoms with E-state index in [4.69, 9.17) is 0 Å². The van der Waals surface area contributed by atoms with Crippen LogP contribution < -0.4 is 5.32 Å². The van der Waals surface area contributed by atoms with E-state index in [9.17, 15) is 31.1 Å². The summed E-state index contributed by atoms with van der Waals surface area (Å²) in [7, 11) is 0. The largest absolute Gasteiger partial charge is 0.433 e. The van der Waals surface area contributed by atoms with Crippen molar-refractivity contribution in [1.82, 2.24) is 10.2 Å². The lowest BCUT2D eigenvalue weighted by atomic mass is 10.0. The topological polar surface area (TPSA) is 57.8 Å². The molecule has 0 aliphatic carbocycles. The van der Waals surface area contributed by atoms with Crippen LogP contribution in [-0.4, -0.2) is 16.1 Å². The van der Waals surface area contributed by atoms with Crippen molar-refractivity contribution in [2.45, 2.75) is 6.18 Å². The van der Waals surface area contributed by atoms with E-state index in [0.29, 0.717) is 12.1 Å². The minimum atomic E-state index is -4.81. The average molecular weight is 385 g/mol. The zero-order valence-electron chi connectivity index (χ0n) is 13.2. The van der Waals surface area contributed by atoms with E-state index in [0.717, 1.165) is 0 Å². The Bertz CT molecular complexity index is 998. The standard InChI is InChI=1S/C17H9F6N3O/c18-10-7-6-9(12(19)13(10)20)16(27)24-15-11(8-4-2-1-3-5-8)14(25-26-15)17(21,22)23/h1-7H,(H2,24,25,26,27). The maximum atomic E-state index is 13.7. The van der Waals surface area contributed by atoms with Gasteiger partial charge in [-0.1, -0.05) is 30.3 Å². The number of H-pyrrole nitrogens is 1. The first-order valence-corrected chi connectivity index (χ1v) is 7.36. The second-order valence-electron chi connectivity index (χ2n) is 5.36. The van der Waals surface area contributed by atoms with E-state index in [-0.39, 0.29) is 5.56 Å². The normalized spacial score (nSPS) is 11.5. The number of benzene rings is 2. The van der Waals surface area contributed by atoms with Gasteiger partial charge in [-0.2, -0.15) is 18.3 Å². The zero-order chi connectivity index (χ0) is 19.8. The molecule has 4 nitrogen and oxygen atoms in total. The molecule has 1 amide bonds. The van der Waals surface area contributed by atoms with E-state index < -0.39 is 52.2 Å². The molecule has 0 atom stereocenters. The molecule has 2 N–H and O–H groups in total. The van der Waals surface area contributed by atoms with Gasteiger partial charge in [0.25, 0.3) is 5.91 Å². The number of anilines is 1. The fourth-order valence-electron chi connectivity index (χ4n) is 2.40. The number of carbonyl (C=O) groups excluding carboxylic acids is 1. The van der Waals surface area contributed by atoms with E-state index in [2.05, 4.69) is 5.10 Å². The molecule has 1 heterocycles. The summed E-state index contributed by atoms with van der Waals surface area (Å²) in [6.45, 7) is 0. The van der Waals surface area contributed by atoms with Crippen LogP contribution in [0.25, 0.3) is 11.1 Å². The molecule has 140 valence electrons. The summed E-state index contributed by atoms with van der Waals surface area (Å²) < 4.78 is 79.7. The maximum absolute atomic E-state index is 13.7. The smallest absolute Gasteiger partial charge is 0.304 e. The Morgan fingerprint density at radius 2 is 1.63 bits per heavy atom. The molecule has 1 aromatic heterocycles. The SMILES string of the molecule is O=C(Nc1n[nH]c(C(F)(F)F)c1-c1ccccc1)c1ccc(F)c(F)c1F. The molecule has 0 aliphatic rings. The van der Waals surface area contributed by atoms with E-state index in [1.54, 1.807) is 11.2 Å². The van der Waals surface area contributed by atoms with Crippen LogP contribution in [0.3, 0.4) is 0 Å². The highest BCUT2D eigenvalue weighted by Crippen LogP contribution is 2.39. The number of rotatable bonds is 3. The predicted molar refractivity (Wildman–Crippen MR) is 83.3 cm³/mol. The molecule has 0 saturated carbocycles. The summed E-state index contributed by atoms with van der Waals surface area (Å²) >= 11 is 0. The van der Waals surface area contributed by atoms with Crippen molar-refractivity contribution >= 4 is 11.7 Å². The Morgan fingerprint density at radius 1 is 0.963 bits per heavy atom. The maximum Gasteiger partial charge on any atom is 0.433 e. The summed E-state index contributed by atoms with van der Waals surface area (Å²) in [5, 5.41) is 7.21. The molecule has 0 saturated heterocycles. The second kappa shape index (κ2) is 6.78. The zero-order valence-corrected chi connectivity index (χ0v) is 13.2. The van der Waals surface area contributed by atoms with Gasteiger partial charge in [0, 0.05) is 0 Å². The lowest BCUT2D eigenvalue weighted by Gasteiger charge is -2.10. The molecule has 0 fully saturated rings. The molecule has 0 aliphatic heterocycles. The number of aromatic amines is 1. The van der Waals surface area contributed by atoms with Crippen molar-refractivity contribution < 1.29 is 31.1 Å². The number of amides is 1. The highest BCUT2D eigenvalue weighted by molar-refractivity contribution is 6.06. The second-order valence-corrected chi connectivity index (χ2v) is 5.36. The molecular weight excluding hydrogens is 376 g/mol. The summed E-state index contributed by atoms with van der Waals surface area (Å²) in [5.74, 6) is -6.97. The van der Waals surface area contributed by atoms with Crippen LogP contribution in [0.2, 0.25) is 0 Å². The van der Waals surface area contributed by atoms with Crippen LogP contribution in [0.5, 0.6) is 0 Å². The van der Waals surface area contributed by atoms with Gasteiger partial charge in [0.1, 0.15) is 5.69 Å². The minimum absolute atomic E-state index is 0.0830. The molecule has 27 heavy (non-hydrogen) atoms. The van der Waals surface area contributed by atoms with Gasteiger partial charge in [-0.25, -0.2) is 13.2 Å². The van der Waals surface area contributed by atoms with Crippen LogP contribution in [0.4, 0.5) is 32.2 Å². The summed E-state index contributed by atoms with van der Waals surface area (Å²) in [6, 6.07) is 8.43. The Balaban J connectivity index is 2.05. The third-order valence-electron chi connectivity index (χ3n) is 3.62. The van der Waals surface area contributed by atoms with Gasteiger partial charge < -0.3 is 5.32 Å². The fraction of sp³-hybridized carbons (Fsp3) is 0.0588. The molecule has 0 bridgehead atoms. The molecular formula is C17H9F6N3O. The number of nitrogens with zero attached hydrogens (tertiary/aromatic N) is 1. The quantitative estimate of drug-likeness (QED) is 0.504. The molecule has 0 unspecified atom stereocenters. The van der Waals surface area contributed by atoms with Crippen LogP contribution >= 0.6 is 0 Å². The summed E-state index contributed by atoms with van der Waals surface area (Å²) in [4.78, 5) is 12.2. The molecule has 2 aromatic carbocycles. The number of halogens is 6. The van der Waals surface area contributed by atoms with Crippen LogP contribution in [0.15, 0.2) is 42.5 Å². The van der Waals surface area contributed by atoms with Crippen LogP contribution in [0.1, 0.15) is 16.1 Å². The van der Waals surface area contributed by atoms with Gasteiger partial charge in [0.2, 0.25) is 0 Å². The number of aromatic nitrogens is 2. The summed E-state index contributed by atoms with van der Waals surface area (Å²) in [5.41, 5.74) is -2.50. The monoisotopic (exact) mass is 385 g/mol. The minimum Gasteiger partial charge on any atom is -0.304 e. The fourth-order valence-corrected chi connectivity index (χ4v) is 2.40. The lowest BCUT2D eigenvalue weighted by molar-refractivity contribution is -0.140. The first-order valence-electron chi connectivity index (χ1n) is 7.36. The average Bonchev–Trinajstić information content (AvgIpc) is 3.04. The van der Waals surface area contributed by atoms with Gasteiger partial charge in [-0.3, -0.25) is 9.89 Å². The van der Waals surface area contributed by atoms with Gasteiger partial charge in [0.15, 0.2) is 23.3 Å². The van der Waals surface area contributed by atoms with Crippen molar-refractivity contribution in [3.05, 3.63) is 71.2 Å². The first-order chi connectivity index (χ1) is 12.7. The Morgan fingerprint density at radius 3 is 2.26 bits per heavy atom. The first kappa shape index (κ1) is 18.5. The highest BCUT2D eigenvalue weighted by atomic mass is 19.4. The van der Waals surface area contributed by atoms with E-state index in [1.807, 2.05) is 5.32 Å². The molecule has 3 rings (SSSR count). The number of carbonyl (C=O) groups is 1. The van der Waals surface area contributed by atoms with Gasteiger partial charge in [0.05, 0.1) is 11.1 Å². The third-order valence-corrected chi connectivity index (χ3v) is 3.62. The molecule has 3 aromatic rings. The van der Waals surface area contributed by atoms with Crippen molar-refractivity contribution in [3.63, 3.8) is 0 Å². The van der Waals surface area contributed by atoms with Crippen molar-refractivity contribution in [3.8, 4) is 11.1 Å². The Kier molecular flexibility index (Phi) is 4.64. The van der Waals surface area contributed by atoms with Gasteiger partial charge >= 0.3 is 6.18 Å². The van der Waals surface area contributed by atoms with E-state index in [1.165, 1.54) is 24.3 Å². The molecule has 10 heteroatoms. The van der Waals surface area contributed by atoms with Crippen molar-refractivity contribution in [1.29, 1.82) is 0 Å². The lowest BCUT2D eigenvalue weighted by Crippen LogP contribution is -2.16. The Hall–Kier alpha value is -3.30. The number of alkyl halides is 3. The number of hydrogen-bond acceptors (Lipinski definition) is 2. The van der Waals surface area contributed by atoms with Crippen LogP contribution in [-0.2, 0) is 6.18 Å². The summed E-state index contributed by atoms with van der Waals surface area (Å²) in [6.07, 6.45) is -4.81. The molecule has 0 spiro atoms. The van der Waals surface area contributed by atoms with E-state index >= 15 is 0 Å². The third kappa shape index (κ3) is 3.50. The van der Waals surface area contributed by atoms with Crippen LogP contribution in [0, 0.1) is 17.5 Å². The van der Waals surface area contributed by atoms with Crippen molar-refractivity contribution in [2.24, 2.45) is 0 Å². The predicted octanol–water partition coefficient (Wildman–Crippen LogP) is 4.77. The number of nitrogens with one attached hydrogen (secondary N) is 2. The van der Waals surface area contributed by atoms with Gasteiger partial charge in [-0.15, -0.1) is 0 Å².